The Morgan fingerprint density at radius 3 is 2.82 bits per heavy atom. The zero-order valence-electron chi connectivity index (χ0n) is 8.87. The normalized spacial score (nSPS) is 11.8. The molecule has 0 unspecified atom stereocenters. The molecule has 0 saturated heterocycles. The van der Waals surface area contributed by atoms with Crippen LogP contribution in [0.1, 0.15) is 10.6 Å². The maximum absolute atomic E-state index is 11.9. The maximum Gasteiger partial charge on any atom is 0.252 e. The van der Waals surface area contributed by atoms with Gasteiger partial charge in [-0.25, -0.2) is 18.1 Å². The van der Waals surface area contributed by atoms with E-state index in [1.165, 1.54) is 11.3 Å². The third kappa shape index (κ3) is 2.80. The first-order valence-electron chi connectivity index (χ1n) is 4.59. The molecule has 0 aliphatic heterocycles. The van der Waals surface area contributed by atoms with Gasteiger partial charge >= 0.3 is 0 Å². The number of thiazole rings is 2. The molecule has 0 aliphatic rings. The van der Waals surface area contributed by atoms with Gasteiger partial charge in [0, 0.05) is 17.6 Å². The van der Waals surface area contributed by atoms with Crippen LogP contribution in [0, 0.1) is 6.92 Å². The van der Waals surface area contributed by atoms with Crippen LogP contribution in [0.15, 0.2) is 15.9 Å². The molecule has 3 N–H and O–H groups in total. The van der Waals surface area contributed by atoms with E-state index in [1.807, 2.05) is 0 Å². The summed E-state index contributed by atoms with van der Waals surface area (Å²) in [5.74, 6) is 0. The number of nitrogen functional groups attached to an aromatic ring is 1. The van der Waals surface area contributed by atoms with E-state index in [-0.39, 0.29) is 15.9 Å². The molecule has 2 rings (SSSR count). The summed E-state index contributed by atoms with van der Waals surface area (Å²) in [4.78, 5) is 8.61. The van der Waals surface area contributed by atoms with Crippen molar-refractivity contribution in [3.63, 3.8) is 0 Å². The first kappa shape index (κ1) is 12.4. The predicted octanol–water partition coefficient (Wildman–Crippen LogP) is 0.969. The monoisotopic (exact) mass is 290 g/mol. The Morgan fingerprint density at radius 1 is 1.53 bits per heavy atom. The Hall–Kier alpha value is -1.03. The highest BCUT2D eigenvalue weighted by molar-refractivity contribution is 7.91. The molecule has 2 heterocycles. The fraction of sp³-hybridized carbons (Fsp3) is 0.250. The molecule has 0 bridgehead atoms. The average molecular weight is 290 g/mol. The zero-order valence-corrected chi connectivity index (χ0v) is 11.3. The average Bonchev–Trinajstić information content (AvgIpc) is 2.85. The van der Waals surface area contributed by atoms with Crippen molar-refractivity contribution in [1.82, 2.24) is 14.7 Å². The summed E-state index contributed by atoms with van der Waals surface area (Å²) in [5.41, 5.74) is 7.55. The summed E-state index contributed by atoms with van der Waals surface area (Å²) >= 11 is 2.36. The first-order valence-corrected chi connectivity index (χ1v) is 7.77. The van der Waals surface area contributed by atoms with E-state index in [4.69, 9.17) is 5.73 Å². The van der Waals surface area contributed by atoms with Gasteiger partial charge in [0.25, 0.3) is 10.0 Å². The van der Waals surface area contributed by atoms with Crippen LogP contribution in [-0.4, -0.2) is 18.4 Å². The lowest BCUT2D eigenvalue weighted by atomic mass is 10.6. The molecule has 2 aromatic heterocycles. The minimum absolute atomic E-state index is 0.166. The number of hydrogen-bond acceptors (Lipinski definition) is 7. The van der Waals surface area contributed by atoms with Crippen molar-refractivity contribution in [3.05, 3.63) is 22.3 Å². The van der Waals surface area contributed by atoms with Gasteiger partial charge in [0.15, 0.2) is 9.34 Å². The van der Waals surface area contributed by atoms with Gasteiger partial charge in [0.1, 0.15) is 0 Å². The molecule has 0 aliphatic carbocycles. The standard InChI is InChI=1S/C8H10N4O2S3/c1-5-7(16-8(9)12-5)17(13,14)11-3-6-2-10-4-15-6/h2,4,11H,3H2,1H3,(H2,9,12). The summed E-state index contributed by atoms with van der Waals surface area (Å²) in [7, 11) is -3.54. The lowest BCUT2D eigenvalue weighted by Gasteiger charge is -2.02. The van der Waals surface area contributed by atoms with Gasteiger partial charge in [0.2, 0.25) is 0 Å². The summed E-state index contributed by atoms with van der Waals surface area (Å²) < 4.78 is 26.6. The smallest absolute Gasteiger partial charge is 0.252 e. The second-order valence-corrected chi connectivity index (χ2v) is 7.18. The first-order chi connectivity index (χ1) is 7.99. The lowest BCUT2D eigenvalue weighted by Crippen LogP contribution is -2.22. The summed E-state index contributed by atoms with van der Waals surface area (Å²) in [6.07, 6.45) is 1.63. The van der Waals surface area contributed by atoms with Crippen molar-refractivity contribution in [3.8, 4) is 0 Å². The molecule has 92 valence electrons. The Bertz CT molecular complexity index is 603. The number of hydrogen-bond donors (Lipinski definition) is 2. The molecule has 0 saturated carbocycles. The Morgan fingerprint density at radius 2 is 2.29 bits per heavy atom. The Labute approximate surface area is 107 Å². The predicted molar refractivity (Wildman–Crippen MR) is 67.4 cm³/mol. The quantitative estimate of drug-likeness (QED) is 0.874. The SMILES string of the molecule is Cc1nc(N)sc1S(=O)(=O)NCc1cncs1. The molecule has 0 fully saturated rings. The van der Waals surface area contributed by atoms with Crippen LogP contribution in [0.25, 0.3) is 0 Å². The zero-order chi connectivity index (χ0) is 12.5. The van der Waals surface area contributed by atoms with Crippen molar-refractivity contribution in [2.24, 2.45) is 0 Å². The highest BCUT2D eigenvalue weighted by Gasteiger charge is 2.20. The number of rotatable bonds is 4. The number of sulfonamides is 1. The molecule has 0 atom stereocenters. The van der Waals surface area contributed by atoms with Gasteiger partial charge in [0.05, 0.1) is 11.2 Å². The molecule has 9 heteroatoms. The van der Waals surface area contributed by atoms with Crippen molar-refractivity contribution in [2.75, 3.05) is 5.73 Å². The number of aromatic nitrogens is 2. The minimum atomic E-state index is -3.54. The van der Waals surface area contributed by atoms with Crippen LogP contribution < -0.4 is 10.5 Å². The third-order valence-electron chi connectivity index (χ3n) is 1.93. The lowest BCUT2D eigenvalue weighted by molar-refractivity contribution is 0.583. The second-order valence-electron chi connectivity index (χ2n) is 3.22. The van der Waals surface area contributed by atoms with E-state index < -0.39 is 10.0 Å². The van der Waals surface area contributed by atoms with Crippen molar-refractivity contribution < 1.29 is 8.42 Å². The highest BCUT2D eigenvalue weighted by Crippen LogP contribution is 2.24. The fourth-order valence-corrected chi connectivity index (χ4v) is 4.19. The van der Waals surface area contributed by atoms with Crippen molar-refractivity contribution in [1.29, 1.82) is 0 Å². The van der Waals surface area contributed by atoms with Crippen LogP contribution in [0.3, 0.4) is 0 Å². The maximum atomic E-state index is 11.9. The van der Waals surface area contributed by atoms with E-state index >= 15 is 0 Å². The van der Waals surface area contributed by atoms with Crippen molar-refractivity contribution in [2.45, 2.75) is 17.7 Å². The minimum Gasteiger partial charge on any atom is -0.375 e. The molecule has 0 aromatic carbocycles. The highest BCUT2D eigenvalue weighted by atomic mass is 32.2. The van der Waals surface area contributed by atoms with Gasteiger partial charge in [-0.3, -0.25) is 4.98 Å². The molecule has 17 heavy (non-hydrogen) atoms. The fourth-order valence-electron chi connectivity index (χ4n) is 1.21. The van der Waals surface area contributed by atoms with Crippen LogP contribution in [0.4, 0.5) is 5.13 Å². The number of nitrogens with one attached hydrogen (secondary N) is 1. The van der Waals surface area contributed by atoms with E-state index in [0.717, 1.165) is 16.2 Å². The van der Waals surface area contributed by atoms with Crippen LogP contribution >= 0.6 is 22.7 Å². The number of nitrogens with zero attached hydrogens (tertiary/aromatic N) is 2. The summed E-state index contributed by atoms with van der Waals surface area (Å²) in [6, 6.07) is 0. The van der Waals surface area contributed by atoms with Crippen LogP contribution in [-0.2, 0) is 16.6 Å². The number of aryl methyl sites for hydroxylation is 1. The van der Waals surface area contributed by atoms with Crippen molar-refractivity contribution >= 4 is 37.8 Å². The van der Waals surface area contributed by atoms with Gasteiger partial charge in [-0.1, -0.05) is 11.3 Å². The van der Waals surface area contributed by atoms with E-state index in [2.05, 4.69) is 14.7 Å². The molecular weight excluding hydrogens is 280 g/mol. The second kappa shape index (κ2) is 4.69. The topological polar surface area (TPSA) is 98.0 Å². The van der Waals surface area contributed by atoms with Gasteiger partial charge in [-0.2, -0.15) is 0 Å². The molecule has 0 spiro atoms. The third-order valence-corrected chi connectivity index (χ3v) is 5.71. The number of anilines is 1. The molecular formula is C8H10N4O2S3. The van der Waals surface area contributed by atoms with E-state index in [0.29, 0.717) is 5.69 Å². The molecule has 0 amide bonds. The summed E-state index contributed by atoms with van der Waals surface area (Å²) in [5, 5.41) is 0.251. The molecule has 6 nitrogen and oxygen atoms in total. The van der Waals surface area contributed by atoms with Gasteiger partial charge in [-0.05, 0) is 6.92 Å². The van der Waals surface area contributed by atoms with Crippen LogP contribution in [0.5, 0.6) is 0 Å². The largest absolute Gasteiger partial charge is 0.375 e. The van der Waals surface area contributed by atoms with E-state index in [1.54, 1.807) is 18.6 Å². The number of nitrogens with two attached hydrogens (primary N) is 1. The van der Waals surface area contributed by atoms with Gasteiger partial charge in [-0.15, -0.1) is 11.3 Å². The van der Waals surface area contributed by atoms with E-state index in [9.17, 15) is 8.42 Å². The molecule has 2 aromatic rings. The Kier molecular flexibility index (Phi) is 3.43. The van der Waals surface area contributed by atoms with Crippen LogP contribution in [0.2, 0.25) is 0 Å². The van der Waals surface area contributed by atoms with Gasteiger partial charge < -0.3 is 5.73 Å². The Balaban J connectivity index is 2.17. The molecule has 0 radical (unpaired) electrons. The summed E-state index contributed by atoms with van der Waals surface area (Å²) in [6.45, 7) is 1.85.